The number of ether oxygens (including phenoxy) is 3. The van der Waals surface area contributed by atoms with E-state index in [0.717, 1.165) is 5.56 Å². The van der Waals surface area contributed by atoms with Crippen molar-refractivity contribution >= 4 is 34.0 Å². The van der Waals surface area contributed by atoms with E-state index in [4.69, 9.17) is 25.8 Å². The predicted octanol–water partition coefficient (Wildman–Crippen LogP) is 3.04. The first-order valence-corrected chi connectivity index (χ1v) is 9.70. The molecule has 0 bridgehead atoms. The van der Waals surface area contributed by atoms with E-state index in [2.05, 4.69) is 10.2 Å². The fourth-order valence-corrected chi connectivity index (χ4v) is 3.98. The standard InChI is InChI=1S/C20H16ClN3O4S/c1-26-14-10-16(28-3)15(27-2)8-12(14)9-17-19(25)24-18(22-23-20(24)29-17)11-4-6-13(21)7-5-11/h4-10H,1-3H3/b17-9-. The van der Waals surface area contributed by atoms with Crippen LogP contribution in [0.25, 0.3) is 22.4 Å². The van der Waals surface area contributed by atoms with E-state index in [0.29, 0.717) is 43.2 Å². The van der Waals surface area contributed by atoms with Gasteiger partial charge in [0.15, 0.2) is 17.3 Å². The highest BCUT2D eigenvalue weighted by molar-refractivity contribution is 7.15. The molecular formula is C20H16ClN3O4S. The molecule has 0 spiro atoms. The second-order valence-electron chi connectivity index (χ2n) is 6.01. The van der Waals surface area contributed by atoms with Crippen LogP contribution in [-0.4, -0.2) is 35.9 Å². The summed E-state index contributed by atoms with van der Waals surface area (Å²) in [5.41, 5.74) is 1.23. The van der Waals surface area contributed by atoms with Gasteiger partial charge >= 0.3 is 0 Å². The molecule has 0 aliphatic carbocycles. The number of methoxy groups -OCH3 is 3. The van der Waals surface area contributed by atoms with Crippen LogP contribution in [0.3, 0.4) is 0 Å². The molecule has 0 saturated heterocycles. The van der Waals surface area contributed by atoms with Crippen molar-refractivity contribution in [1.82, 2.24) is 14.6 Å². The highest BCUT2D eigenvalue weighted by Gasteiger charge is 2.15. The van der Waals surface area contributed by atoms with Crippen LogP contribution in [0.15, 0.2) is 41.2 Å². The van der Waals surface area contributed by atoms with Crippen molar-refractivity contribution in [3.05, 3.63) is 61.9 Å². The topological polar surface area (TPSA) is 74.9 Å². The zero-order valence-corrected chi connectivity index (χ0v) is 17.4. The summed E-state index contributed by atoms with van der Waals surface area (Å²) >= 11 is 7.20. The number of rotatable bonds is 5. The van der Waals surface area contributed by atoms with Gasteiger partial charge in [0.1, 0.15) is 5.75 Å². The lowest BCUT2D eigenvalue weighted by molar-refractivity contribution is 0.348. The third-order valence-corrected chi connectivity index (χ3v) is 5.58. The number of thiazole rings is 1. The van der Waals surface area contributed by atoms with E-state index in [-0.39, 0.29) is 5.56 Å². The Kier molecular flexibility index (Phi) is 5.12. The van der Waals surface area contributed by atoms with Crippen molar-refractivity contribution in [1.29, 1.82) is 0 Å². The Hall–Kier alpha value is -3.10. The van der Waals surface area contributed by atoms with Gasteiger partial charge in [-0.05, 0) is 36.4 Å². The molecule has 0 atom stereocenters. The molecule has 148 valence electrons. The largest absolute Gasteiger partial charge is 0.496 e. The summed E-state index contributed by atoms with van der Waals surface area (Å²) in [7, 11) is 4.66. The molecule has 0 saturated carbocycles. The van der Waals surface area contributed by atoms with Gasteiger partial charge in [-0.25, -0.2) is 4.40 Å². The van der Waals surface area contributed by atoms with Crippen LogP contribution in [0.5, 0.6) is 17.2 Å². The van der Waals surface area contributed by atoms with Gasteiger partial charge in [-0.1, -0.05) is 22.9 Å². The van der Waals surface area contributed by atoms with Crippen LogP contribution in [0.1, 0.15) is 5.56 Å². The molecule has 0 aliphatic heterocycles. The minimum absolute atomic E-state index is 0.211. The minimum Gasteiger partial charge on any atom is -0.496 e. The number of nitrogens with zero attached hydrogens (tertiary/aromatic N) is 3. The van der Waals surface area contributed by atoms with Gasteiger partial charge in [0.25, 0.3) is 5.56 Å². The average molecular weight is 430 g/mol. The SMILES string of the molecule is COc1cc(OC)c(OC)cc1/C=c1\sc2nnc(-c3ccc(Cl)cc3)n2c1=O. The van der Waals surface area contributed by atoms with E-state index in [1.54, 1.807) is 63.8 Å². The Bertz CT molecular complexity index is 1300. The van der Waals surface area contributed by atoms with Crippen molar-refractivity contribution in [3.8, 4) is 28.6 Å². The maximum Gasteiger partial charge on any atom is 0.276 e. The van der Waals surface area contributed by atoms with Gasteiger partial charge in [-0.15, -0.1) is 10.2 Å². The molecule has 2 aromatic carbocycles. The number of aromatic nitrogens is 3. The number of benzene rings is 2. The maximum atomic E-state index is 13.1. The summed E-state index contributed by atoms with van der Waals surface area (Å²) in [6.45, 7) is 0. The maximum absolute atomic E-state index is 13.1. The number of hydrogen-bond donors (Lipinski definition) is 0. The van der Waals surface area contributed by atoms with E-state index in [9.17, 15) is 4.79 Å². The fraction of sp³-hybridized carbons (Fsp3) is 0.150. The van der Waals surface area contributed by atoms with E-state index in [1.165, 1.54) is 15.7 Å². The zero-order chi connectivity index (χ0) is 20.5. The van der Waals surface area contributed by atoms with E-state index >= 15 is 0 Å². The van der Waals surface area contributed by atoms with Gasteiger partial charge in [-0.3, -0.25) is 4.79 Å². The Morgan fingerprint density at radius 2 is 1.62 bits per heavy atom. The molecule has 4 aromatic rings. The number of hydrogen-bond acceptors (Lipinski definition) is 7. The van der Waals surface area contributed by atoms with Crippen LogP contribution >= 0.6 is 22.9 Å². The van der Waals surface area contributed by atoms with Crippen LogP contribution in [0.4, 0.5) is 0 Å². The molecule has 0 fully saturated rings. The van der Waals surface area contributed by atoms with Gasteiger partial charge in [0.05, 0.1) is 25.9 Å². The molecule has 0 radical (unpaired) electrons. The van der Waals surface area contributed by atoms with Crippen molar-refractivity contribution in [2.24, 2.45) is 0 Å². The summed E-state index contributed by atoms with van der Waals surface area (Å²) in [5, 5.41) is 8.91. The first kappa shape index (κ1) is 19.2. The van der Waals surface area contributed by atoms with Gasteiger partial charge in [0, 0.05) is 22.2 Å². The molecule has 2 aromatic heterocycles. The van der Waals surface area contributed by atoms with Gasteiger partial charge in [-0.2, -0.15) is 0 Å². The second kappa shape index (κ2) is 7.73. The lowest BCUT2D eigenvalue weighted by Crippen LogP contribution is -2.23. The van der Waals surface area contributed by atoms with Gasteiger partial charge < -0.3 is 14.2 Å². The molecule has 7 nitrogen and oxygen atoms in total. The van der Waals surface area contributed by atoms with Crippen LogP contribution in [0, 0.1) is 0 Å². The summed E-state index contributed by atoms with van der Waals surface area (Å²) in [6.07, 6.45) is 1.74. The molecule has 29 heavy (non-hydrogen) atoms. The Morgan fingerprint density at radius 1 is 0.966 bits per heavy atom. The highest BCUT2D eigenvalue weighted by Crippen LogP contribution is 2.35. The lowest BCUT2D eigenvalue weighted by Gasteiger charge is -2.11. The molecule has 9 heteroatoms. The quantitative estimate of drug-likeness (QED) is 0.485. The Balaban J connectivity index is 1.90. The molecule has 4 rings (SSSR count). The van der Waals surface area contributed by atoms with Crippen LogP contribution < -0.4 is 24.3 Å². The zero-order valence-electron chi connectivity index (χ0n) is 15.8. The van der Waals surface area contributed by atoms with Crippen molar-refractivity contribution in [2.45, 2.75) is 0 Å². The summed E-state index contributed by atoms with van der Waals surface area (Å²) < 4.78 is 18.1. The van der Waals surface area contributed by atoms with Crippen molar-refractivity contribution in [2.75, 3.05) is 21.3 Å². The van der Waals surface area contributed by atoms with Crippen LogP contribution in [0.2, 0.25) is 5.02 Å². The lowest BCUT2D eigenvalue weighted by atomic mass is 10.1. The first-order valence-electron chi connectivity index (χ1n) is 8.51. The second-order valence-corrected chi connectivity index (χ2v) is 7.46. The van der Waals surface area contributed by atoms with Crippen LogP contribution in [-0.2, 0) is 0 Å². The first-order chi connectivity index (χ1) is 14.0. The Labute approximate surface area is 174 Å². The number of halogens is 1. The molecule has 2 heterocycles. The number of fused-ring (bicyclic) bond motifs is 1. The normalized spacial score (nSPS) is 11.8. The smallest absolute Gasteiger partial charge is 0.276 e. The minimum atomic E-state index is -0.211. The third kappa shape index (κ3) is 3.41. The summed E-state index contributed by atoms with van der Waals surface area (Å²) in [5.74, 6) is 2.11. The van der Waals surface area contributed by atoms with Gasteiger partial charge in [0.2, 0.25) is 4.96 Å². The molecular weight excluding hydrogens is 414 g/mol. The average Bonchev–Trinajstić information content (AvgIpc) is 3.28. The van der Waals surface area contributed by atoms with Crippen molar-refractivity contribution in [3.63, 3.8) is 0 Å². The molecule has 0 unspecified atom stereocenters. The fourth-order valence-electron chi connectivity index (χ4n) is 2.96. The molecule has 0 aliphatic rings. The van der Waals surface area contributed by atoms with E-state index in [1.807, 2.05) is 0 Å². The monoisotopic (exact) mass is 429 g/mol. The predicted molar refractivity (Wildman–Crippen MR) is 112 cm³/mol. The highest BCUT2D eigenvalue weighted by atomic mass is 35.5. The molecule has 0 N–H and O–H groups in total. The molecule has 0 amide bonds. The van der Waals surface area contributed by atoms with E-state index < -0.39 is 0 Å². The summed E-state index contributed by atoms with van der Waals surface area (Å²) in [6, 6.07) is 10.6. The summed E-state index contributed by atoms with van der Waals surface area (Å²) in [4.78, 5) is 13.6. The third-order valence-electron chi connectivity index (χ3n) is 4.37. The van der Waals surface area contributed by atoms with Crippen molar-refractivity contribution < 1.29 is 14.2 Å². The Morgan fingerprint density at radius 3 is 2.28 bits per heavy atom.